The molecule has 19 heavy (non-hydrogen) atoms. The monoisotopic (exact) mass is 319 g/mol. The van der Waals surface area contributed by atoms with Gasteiger partial charge in [0.2, 0.25) is 0 Å². The molecule has 1 atom stereocenters. The van der Waals surface area contributed by atoms with Crippen LogP contribution < -0.4 is 0 Å². The molecule has 1 aromatic carbocycles. The summed E-state index contributed by atoms with van der Waals surface area (Å²) in [5, 5.41) is 10.1. The Morgan fingerprint density at radius 3 is 2.79 bits per heavy atom. The minimum atomic E-state index is -0.294. The molecular formula is C16H18BrNO. The molecular weight excluding hydrogens is 302 g/mol. The number of rotatable bonds is 1. The van der Waals surface area contributed by atoms with Gasteiger partial charge < -0.3 is 9.67 Å². The zero-order chi connectivity index (χ0) is 13.6. The van der Waals surface area contributed by atoms with E-state index in [0.717, 1.165) is 29.3 Å². The second-order valence-electron chi connectivity index (χ2n) is 5.36. The van der Waals surface area contributed by atoms with E-state index in [1.165, 1.54) is 22.6 Å². The van der Waals surface area contributed by atoms with Gasteiger partial charge in [-0.2, -0.15) is 0 Å². The van der Waals surface area contributed by atoms with Gasteiger partial charge in [0.15, 0.2) is 0 Å². The van der Waals surface area contributed by atoms with Gasteiger partial charge in [-0.3, -0.25) is 0 Å². The number of aromatic nitrogens is 1. The summed E-state index contributed by atoms with van der Waals surface area (Å²) in [7, 11) is 0. The molecule has 0 bridgehead atoms. The van der Waals surface area contributed by atoms with Gasteiger partial charge in [0.05, 0.1) is 6.10 Å². The fourth-order valence-corrected chi connectivity index (χ4v) is 3.32. The predicted molar refractivity (Wildman–Crippen MR) is 80.8 cm³/mol. The van der Waals surface area contributed by atoms with E-state index < -0.39 is 0 Å². The molecule has 0 saturated heterocycles. The summed E-state index contributed by atoms with van der Waals surface area (Å²) in [4.78, 5) is 0. The van der Waals surface area contributed by atoms with Crippen molar-refractivity contribution in [3.05, 3.63) is 51.3 Å². The van der Waals surface area contributed by atoms with Crippen molar-refractivity contribution in [1.29, 1.82) is 0 Å². The van der Waals surface area contributed by atoms with Gasteiger partial charge in [0.25, 0.3) is 0 Å². The summed E-state index contributed by atoms with van der Waals surface area (Å²) < 4.78 is 3.41. The molecule has 1 N–H and O–H groups in total. The number of fused-ring (bicyclic) bond motifs is 1. The Labute approximate surface area is 122 Å². The third-order valence-electron chi connectivity index (χ3n) is 3.98. The van der Waals surface area contributed by atoms with Crippen LogP contribution in [-0.2, 0) is 6.42 Å². The van der Waals surface area contributed by atoms with Crippen LogP contribution in [0.1, 0.15) is 41.5 Å². The van der Waals surface area contributed by atoms with Crippen LogP contribution in [0, 0.1) is 13.8 Å². The lowest BCUT2D eigenvalue weighted by Gasteiger charge is -2.20. The molecule has 0 amide bonds. The number of nitrogens with zero attached hydrogens (tertiary/aromatic N) is 1. The molecule has 0 saturated carbocycles. The van der Waals surface area contributed by atoms with E-state index in [4.69, 9.17) is 0 Å². The van der Waals surface area contributed by atoms with Crippen LogP contribution in [0.25, 0.3) is 5.69 Å². The lowest BCUT2D eigenvalue weighted by Crippen LogP contribution is -2.11. The number of aliphatic hydroxyl groups is 1. The van der Waals surface area contributed by atoms with Crippen LogP contribution in [0.2, 0.25) is 0 Å². The van der Waals surface area contributed by atoms with Crippen LogP contribution in [-0.4, -0.2) is 9.67 Å². The van der Waals surface area contributed by atoms with Gasteiger partial charge in [-0.05, 0) is 56.9 Å². The molecule has 1 aromatic heterocycles. The minimum absolute atomic E-state index is 0.294. The van der Waals surface area contributed by atoms with Crippen LogP contribution >= 0.6 is 15.9 Å². The smallest absolute Gasteiger partial charge is 0.0807 e. The number of halogens is 1. The maximum Gasteiger partial charge on any atom is 0.0807 e. The van der Waals surface area contributed by atoms with E-state index in [0.29, 0.717) is 0 Å². The van der Waals surface area contributed by atoms with Crippen molar-refractivity contribution in [2.45, 2.75) is 39.2 Å². The summed E-state index contributed by atoms with van der Waals surface area (Å²) in [5.41, 5.74) is 5.99. The zero-order valence-corrected chi connectivity index (χ0v) is 12.9. The van der Waals surface area contributed by atoms with Crippen molar-refractivity contribution in [2.75, 3.05) is 0 Å². The summed E-state index contributed by atoms with van der Waals surface area (Å²) >= 11 is 3.60. The Morgan fingerprint density at radius 1 is 1.26 bits per heavy atom. The average Bonchev–Trinajstić information content (AvgIpc) is 2.71. The van der Waals surface area contributed by atoms with Crippen LogP contribution in [0.4, 0.5) is 0 Å². The van der Waals surface area contributed by atoms with E-state index in [9.17, 15) is 5.11 Å². The Kier molecular flexibility index (Phi) is 3.27. The first-order chi connectivity index (χ1) is 9.08. The molecule has 2 aromatic rings. The number of hydrogen-bond acceptors (Lipinski definition) is 1. The molecule has 1 heterocycles. The highest BCUT2D eigenvalue weighted by atomic mass is 79.9. The third kappa shape index (κ3) is 2.15. The molecule has 3 rings (SSSR count). The Morgan fingerprint density at radius 2 is 2.05 bits per heavy atom. The summed E-state index contributed by atoms with van der Waals surface area (Å²) in [6.07, 6.45) is 2.70. The van der Waals surface area contributed by atoms with Crippen molar-refractivity contribution >= 4 is 15.9 Å². The Balaban J connectivity index is 2.17. The molecule has 0 radical (unpaired) electrons. The van der Waals surface area contributed by atoms with E-state index in [-0.39, 0.29) is 6.10 Å². The number of hydrogen-bond donors (Lipinski definition) is 1. The number of aryl methyl sites for hydroxylation is 2. The highest BCUT2D eigenvalue weighted by Crippen LogP contribution is 2.34. The fourth-order valence-electron chi connectivity index (χ4n) is 2.96. The largest absolute Gasteiger partial charge is 0.388 e. The maximum absolute atomic E-state index is 10.1. The molecule has 0 spiro atoms. The molecule has 2 nitrogen and oxygen atoms in total. The van der Waals surface area contributed by atoms with E-state index in [2.05, 4.69) is 58.6 Å². The lowest BCUT2D eigenvalue weighted by molar-refractivity contribution is 0.156. The van der Waals surface area contributed by atoms with Gasteiger partial charge in [0, 0.05) is 27.1 Å². The summed E-state index contributed by atoms with van der Waals surface area (Å²) in [5.74, 6) is 0. The van der Waals surface area contributed by atoms with Crippen molar-refractivity contribution < 1.29 is 5.11 Å². The predicted octanol–water partition coefficient (Wildman–Crippen LogP) is 4.23. The lowest BCUT2D eigenvalue weighted by atomic mass is 9.95. The SMILES string of the molecule is Cc1ccc(-n2c(C)cc3c2CCCC3O)cc1Br. The molecule has 0 aliphatic heterocycles. The van der Waals surface area contributed by atoms with Crippen molar-refractivity contribution in [3.8, 4) is 5.69 Å². The first-order valence-corrected chi connectivity index (χ1v) is 7.53. The van der Waals surface area contributed by atoms with Crippen LogP contribution in [0.3, 0.4) is 0 Å². The topological polar surface area (TPSA) is 25.2 Å². The van der Waals surface area contributed by atoms with E-state index in [1.807, 2.05) is 0 Å². The van der Waals surface area contributed by atoms with Gasteiger partial charge >= 0.3 is 0 Å². The first-order valence-electron chi connectivity index (χ1n) is 6.73. The zero-order valence-electron chi connectivity index (χ0n) is 11.3. The van der Waals surface area contributed by atoms with Crippen LogP contribution in [0.15, 0.2) is 28.7 Å². The fraction of sp³-hybridized carbons (Fsp3) is 0.375. The molecule has 1 unspecified atom stereocenters. The van der Waals surface area contributed by atoms with Gasteiger partial charge in [-0.1, -0.05) is 22.0 Å². The standard InChI is InChI=1S/C16H18BrNO/c1-10-6-7-12(9-14(10)17)18-11(2)8-13-15(18)4-3-5-16(13)19/h6-9,16,19H,3-5H2,1-2H3. The molecule has 0 fully saturated rings. The quantitative estimate of drug-likeness (QED) is 0.836. The molecule has 100 valence electrons. The van der Waals surface area contributed by atoms with E-state index in [1.54, 1.807) is 0 Å². The Bertz CT molecular complexity index is 630. The Hall–Kier alpha value is -1.06. The van der Waals surface area contributed by atoms with Gasteiger partial charge in [-0.25, -0.2) is 0 Å². The summed E-state index contributed by atoms with van der Waals surface area (Å²) in [6, 6.07) is 8.56. The van der Waals surface area contributed by atoms with Crippen molar-refractivity contribution in [1.82, 2.24) is 4.57 Å². The second kappa shape index (κ2) is 4.80. The molecule has 3 heteroatoms. The first kappa shape index (κ1) is 12.9. The number of benzene rings is 1. The van der Waals surface area contributed by atoms with Gasteiger partial charge in [0.1, 0.15) is 0 Å². The maximum atomic E-state index is 10.1. The third-order valence-corrected chi connectivity index (χ3v) is 4.84. The molecule has 1 aliphatic rings. The minimum Gasteiger partial charge on any atom is -0.388 e. The van der Waals surface area contributed by atoms with Crippen molar-refractivity contribution in [3.63, 3.8) is 0 Å². The van der Waals surface area contributed by atoms with Crippen molar-refractivity contribution in [2.24, 2.45) is 0 Å². The second-order valence-corrected chi connectivity index (χ2v) is 6.22. The number of aliphatic hydroxyl groups excluding tert-OH is 1. The molecule has 1 aliphatic carbocycles. The van der Waals surface area contributed by atoms with Gasteiger partial charge in [-0.15, -0.1) is 0 Å². The van der Waals surface area contributed by atoms with E-state index >= 15 is 0 Å². The van der Waals surface area contributed by atoms with Crippen LogP contribution in [0.5, 0.6) is 0 Å². The highest BCUT2D eigenvalue weighted by Gasteiger charge is 2.23. The highest BCUT2D eigenvalue weighted by molar-refractivity contribution is 9.10. The summed E-state index contributed by atoms with van der Waals surface area (Å²) in [6.45, 7) is 4.20. The normalized spacial score (nSPS) is 18.4. The average molecular weight is 320 g/mol.